The molecule has 6 heteroatoms. The summed E-state index contributed by atoms with van der Waals surface area (Å²) in [6.07, 6.45) is 1.52. The van der Waals surface area contributed by atoms with Crippen LogP contribution in [-0.2, 0) is 6.54 Å². The summed E-state index contributed by atoms with van der Waals surface area (Å²) in [5.74, 6) is -0.118. The van der Waals surface area contributed by atoms with E-state index >= 15 is 0 Å². The molecule has 0 aliphatic heterocycles. The molecule has 0 fully saturated rings. The molecule has 2 heterocycles. The number of rotatable bonds is 4. The lowest BCUT2D eigenvalue weighted by atomic mass is 10.1. The Bertz CT molecular complexity index is 830. The maximum atomic E-state index is 12.2. The molecule has 0 spiro atoms. The minimum absolute atomic E-state index is 0.118. The summed E-state index contributed by atoms with van der Waals surface area (Å²) in [6, 6.07) is 11.8. The maximum absolute atomic E-state index is 12.2. The van der Waals surface area contributed by atoms with Crippen molar-refractivity contribution in [3.05, 3.63) is 64.0 Å². The van der Waals surface area contributed by atoms with Crippen LogP contribution in [0.1, 0.15) is 26.1 Å². The zero-order valence-corrected chi connectivity index (χ0v) is 13.7. The molecule has 0 bridgehead atoms. The van der Waals surface area contributed by atoms with E-state index < -0.39 is 0 Å². The molecule has 0 aliphatic rings. The van der Waals surface area contributed by atoms with Crippen molar-refractivity contribution >= 4 is 17.2 Å². The van der Waals surface area contributed by atoms with E-state index in [2.05, 4.69) is 20.3 Å². The predicted octanol–water partition coefficient (Wildman–Crippen LogP) is 3.15. The molecule has 3 rings (SSSR count). The van der Waals surface area contributed by atoms with Crippen LogP contribution in [0.2, 0.25) is 0 Å². The Labute approximate surface area is 138 Å². The number of carbonyl (C=O) groups is 1. The lowest BCUT2D eigenvalue weighted by Crippen LogP contribution is -2.23. The molecule has 0 radical (unpaired) electrons. The number of carbonyl (C=O) groups excluding carboxylic acids is 1. The summed E-state index contributed by atoms with van der Waals surface area (Å²) < 4.78 is 0. The van der Waals surface area contributed by atoms with Gasteiger partial charge in [-0.1, -0.05) is 30.3 Å². The molecule has 5 nitrogen and oxygen atoms in total. The van der Waals surface area contributed by atoms with Crippen molar-refractivity contribution in [2.45, 2.75) is 20.4 Å². The third kappa shape index (κ3) is 3.60. The molecule has 2 aromatic heterocycles. The number of benzene rings is 1. The average molecular weight is 324 g/mol. The molecule has 0 saturated carbocycles. The number of nitrogens with zero attached hydrogens (tertiary/aromatic N) is 3. The smallest absolute Gasteiger partial charge is 0.263 e. The third-order valence-corrected chi connectivity index (χ3v) is 4.40. The predicted molar refractivity (Wildman–Crippen MR) is 90.2 cm³/mol. The molecule has 1 aromatic carbocycles. The Morgan fingerprint density at radius 2 is 1.96 bits per heavy atom. The van der Waals surface area contributed by atoms with Crippen LogP contribution in [-0.4, -0.2) is 20.9 Å². The van der Waals surface area contributed by atoms with E-state index in [9.17, 15) is 4.79 Å². The fraction of sp³-hybridized carbons (Fsp3) is 0.176. The summed E-state index contributed by atoms with van der Waals surface area (Å²) in [4.78, 5) is 25.6. The lowest BCUT2D eigenvalue weighted by molar-refractivity contribution is 0.0953. The number of hydrogen-bond acceptors (Lipinski definition) is 5. The fourth-order valence-electron chi connectivity index (χ4n) is 2.25. The van der Waals surface area contributed by atoms with Gasteiger partial charge >= 0.3 is 0 Å². The minimum atomic E-state index is -0.118. The molecule has 23 heavy (non-hydrogen) atoms. The highest BCUT2D eigenvalue weighted by Gasteiger charge is 2.13. The molecule has 116 valence electrons. The Morgan fingerprint density at radius 3 is 2.65 bits per heavy atom. The van der Waals surface area contributed by atoms with Crippen LogP contribution in [0.3, 0.4) is 0 Å². The van der Waals surface area contributed by atoms with Crippen molar-refractivity contribution in [3.63, 3.8) is 0 Å². The van der Waals surface area contributed by atoms with Crippen molar-refractivity contribution in [1.29, 1.82) is 0 Å². The third-order valence-electron chi connectivity index (χ3n) is 3.33. The van der Waals surface area contributed by atoms with E-state index in [-0.39, 0.29) is 5.91 Å². The zero-order valence-electron chi connectivity index (χ0n) is 12.9. The fourth-order valence-corrected chi connectivity index (χ4v) is 3.09. The SMILES string of the molecule is Cc1nc(C)c(C(=O)NCc2cc(-c3ccccc3)ncn2)s1. The molecular formula is C17H16N4OS. The number of aromatic nitrogens is 3. The van der Waals surface area contributed by atoms with Crippen LogP contribution in [0.4, 0.5) is 0 Å². The zero-order chi connectivity index (χ0) is 16.2. The summed E-state index contributed by atoms with van der Waals surface area (Å²) in [6.45, 7) is 4.10. The second-order valence-electron chi connectivity index (χ2n) is 5.09. The van der Waals surface area contributed by atoms with Gasteiger partial charge in [0.15, 0.2) is 0 Å². The number of hydrogen-bond donors (Lipinski definition) is 1. The number of nitrogens with one attached hydrogen (secondary N) is 1. The Hall–Kier alpha value is -2.60. The van der Waals surface area contributed by atoms with Gasteiger partial charge in [0.2, 0.25) is 0 Å². The Kier molecular flexibility index (Phi) is 4.43. The van der Waals surface area contributed by atoms with Crippen LogP contribution in [0.25, 0.3) is 11.3 Å². The summed E-state index contributed by atoms with van der Waals surface area (Å²) in [7, 11) is 0. The summed E-state index contributed by atoms with van der Waals surface area (Å²) >= 11 is 1.40. The Morgan fingerprint density at radius 1 is 1.17 bits per heavy atom. The van der Waals surface area contributed by atoms with Gasteiger partial charge in [-0.15, -0.1) is 11.3 Å². The van der Waals surface area contributed by atoms with E-state index in [0.717, 1.165) is 27.7 Å². The summed E-state index contributed by atoms with van der Waals surface area (Å²) in [5.41, 5.74) is 3.40. The number of aryl methyl sites for hydroxylation is 2. The second kappa shape index (κ2) is 6.66. The van der Waals surface area contributed by atoms with Gasteiger partial charge in [0.25, 0.3) is 5.91 Å². The van der Waals surface area contributed by atoms with Gasteiger partial charge in [0.1, 0.15) is 11.2 Å². The standard InChI is InChI=1S/C17H16N4OS/c1-11-16(23-12(2)21-11)17(22)18-9-14-8-15(20-10-19-14)13-6-4-3-5-7-13/h3-8,10H,9H2,1-2H3,(H,18,22). The average Bonchev–Trinajstić information content (AvgIpc) is 2.92. The largest absolute Gasteiger partial charge is 0.346 e. The van der Waals surface area contributed by atoms with Gasteiger partial charge in [-0.25, -0.2) is 15.0 Å². The monoisotopic (exact) mass is 324 g/mol. The van der Waals surface area contributed by atoms with Crippen LogP contribution in [0.15, 0.2) is 42.7 Å². The molecule has 3 aromatic rings. The van der Waals surface area contributed by atoms with Crippen molar-refractivity contribution in [2.75, 3.05) is 0 Å². The first-order chi connectivity index (χ1) is 11.1. The maximum Gasteiger partial charge on any atom is 0.263 e. The van der Waals surface area contributed by atoms with E-state index in [4.69, 9.17) is 0 Å². The van der Waals surface area contributed by atoms with Crippen molar-refractivity contribution in [1.82, 2.24) is 20.3 Å². The van der Waals surface area contributed by atoms with E-state index in [0.29, 0.717) is 11.4 Å². The normalized spacial score (nSPS) is 10.5. The molecule has 0 aliphatic carbocycles. The quantitative estimate of drug-likeness (QED) is 0.800. The van der Waals surface area contributed by atoms with Crippen molar-refractivity contribution < 1.29 is 4.79 Å². The van der Waals surface area contributed by atoms with Gasteiger partial charge in [-0.2, -0.15) is 0 Å². The van der Waals surface area contributed by atoms with Gasteiger partial charge < -0.3 is 5.32 Å². The van der Waals surface area contributed by atoms with Crippen LogP contribution < -0.4 is 5.32 Å². The minimum Gasteiger partial charge on any atom is -0.346 e. The van der Waals surface area contributed by atoms with Gasteiger partial charge in [0.05, 0.1) is 28.6 Å². The topological polar surface area (TPSA) is 67.8 Å². The molecular weight excluding hydrogens is 308 g/mol. The second-order valence-corrected chi connectivity index (χ2v) is 6.29. The van der Waals surface area contributed by atoms with Crippen molar-refractivity contribution in [3.8, 4) is 11.3 Å². The number of thiazole rings is 1. The van der Waals surface area contributed by atoms with Crippen LogP contribution in [0, 0.1) is 13.8 Å². The molecule has 1 N–H and O–H groups in total. The highest BCUT2D eigenvalue weighted by Crippen LogP contribution is 2.18. The summed E-state index contributed by atoms with van der Waals surface area (Å²) in [5, 5.41) is 3.78. The van der Waals surface area contributed by atoms with Gasteiger partial charge in [-0.05, 0) is 19.9 Å². The molecule has 0 atom stereocenters. The molecule has 1 amide bonds. The van der Waals surface area contributed by atoms with E-state index in [1.165, 1.54) is 17.7 Å². The lowest BCUT2D eigenvalue weighted by Gasteiger charge is -2.06. The Balaban J connectivity index is 1.71. The first-order valence-electron chi connectivity index (χ1n) is 7.22. The van der Waals surface area contributed by atoms with Crippen LogP contribution in [0.5, 0.6) is 0 Å². The van der Waals surface area contributed by atoms with Crippen molar-refractivity contribution in [2.24, 2.45) is 0 Å². The molecule has 0 saturated heterocycles. The van der Waals surface area contributed by atoms with Gasteiger partial charge in [0, 0.05) is 5.56 Å². The highest BCUT2D eigenvalue weighted by molar-refractivity contribution is 7.13. The van der Waals surface area contributed by atoms with E-state index in [1.54, 1.807) is 0 Å². The van der Waals surface area contributed by atoms with E-state index in [1.807, 2.05) is 50.2 Å². The van der Waals surface area contributed by atoms with Gasteiger partial charge in [-0.3, -0.25) is 4.79 Å². The molecule has 0 unspecified atom stereocenters. The first-order valence-corrected chi connectivity index (χ1v) is 8.03. The highest BCUT2D eigenvalue weighted by atomic mass is 32.1. The number of amides is 1. The van der Waals surface area contributed by atoms with Crippen LogP contribution >= 0.6 is 11.3 Å². The first kappa shape index (κ1) is 15.3.